The van der Waals surface area contributed by atoms with Gasteiger partial charge in [-0.05, 0) is 66.2 Å². The van der Waals surface area contributed by atoms with E-state index in [1.165, 1.54) is 0 Å². The van der Waals surface area contributed by atoms with Gasteiger partial charge in [-0.2, -0.15) is 0 Å². The zero-order chi connectivity index (χ0) is 24.7. The maximum Gasteiger partial charge on any atom is 0.162 e. The molecule has 1 heterocycles. The predicted octanol–water partition coefficient (Wildman–Crippen LogP) is 7.37. The SMILES string of the molecule is COc1cc2nccc(Oc3ccc(Nc4ccc(OCc5ccccc5)cc4)cc3)c2cc1OC. The first kappa shape index (κ1) is 23.1. The highest BCUT2D eigenvalue weighted by Gasteiger charge is 2.11. The van der Waals surface area contributed by atoms with Crippen LogP contribution >= 0.6 is 0 Å². The van der Waals surface area contributed by atoms with Crippen molar-refractivity contribution in [3.05, 3.63) is 109 Å². The highest BCUT2D eigenvalue weighted by atomic mass is 16.5. The smallest absolute Gasteiger partial charge is 0.162 e. The molecule has 0 amide bonds. The maximum absolute atomic E-state index is 6.17. The van der Waals surface area contributed by atoms with Gasteiger partial charge in [-0.3, -0.25) is 4.98 Å². The van der Waals surface area contributed by atoms with E-state index in [4.69, 9.17) is 18.9 Å². The second kappa shape index (κ2) is 10.7. The average Bonchev–Trinajstić information content (AvgIpc) is 2.93. The lowest BCUT2D eigenvalue weighted by Crippen LogP contribution is -1.95. The van der Waals surface area contributed by atoms with Gasteiger partial charge in [0.15, 0.2) is 11.5 Å². The van der Waals surface area contributed by atoms with E-state index in [1.807, 2.05) is 84.9 Å². The van der Waals surface area contributed by atoms with Crippen molar-refractivity contribution >= 4 is 22.3 Å². The molecule has 36 heavy (non-hydrogen) atoms. The lowest BCUT2D eigenvalue weighted by atomic mass is 10.2. The second-order valence-corrected chi connectivity index (χ2v) is 8.08. The summed E-state index contributed by atoms with van der Waals surface area (Å²) >= 11 is 0. The van der Waals surface area contributed by atoms with E-state index in [2.05, 4.69) is 22.4 Å². The van der Waals surface area contributed by atoms with E-state index < -0.39 is 0 Å². The molecule has 1 N–H and O–H groups in total. The van der Waals surface area contributed by atoms with Crippen molar-refractivity contribution in [2.45, 2.75) is 6.61 Å². The summed E-state index contributed by atoms with van der Waals surface area (Å²) in [5.41, 5.74) is 3.82. The Labute approximate surface area is 210 Å². The fraction of sp³-hybridized carbons (Fsp3) is 0.100. The number of benzene rings is 4. The minimum Gasteiger partial charge on any atom is -0.493 e. The monoisotopic (exact) mass is 478 g/mol. The Morgan fingerprint density at radius 1 is 0.667 bits per heavy atom. The van der Waals surface area contributed by atoms with Gasteiger partial charge in [-0.15, -0.1) is 0 Å². The third-order valence-corrected chi connectivity index (χ3v) is 5.68. The molecule has 6 heteroatoms. The molecular formula is C30H26N2O4. The molecule has 1 aromatic heterocycles. The molecule has 0 fully saturated rings. The number of methoxy groups -OCH3 is 2. The van der Waals surface area contributed by atoms with Crippen molar-refractivity contribution in [1.82, 2.24) is 4.98 Å². The number of fused-ring (bicyclic) bond motifs is 1. The molecule has 0 saturated carbocycles. The van der Waals surface area contributed by atoms with E-state index in [1.54, 1.807) is 20.4 Å². The van der Waals surface area contributed by atoms with Crippen LogP contribution in [0.5, 0.6) is 28.7 Å². The number of anilines is 2. The van der Waals surface area contributed by atoms with Crippen LogP contribution in [0.1, 0.15) is 5.56 Å². The van der Waals surface area contributed by atoms with Gasteiger partial charge < -0.3 is 24.3 Å². The van der Waals surface area contributed by atoms with Crippen LogP contribution in [0.15, 0.2) is 103 Å². The fourth-order valence-electron chi connectivity index (χ4n) is 3.81. The third-order valence-electron chi connectivity index (χ3n) is 5.68. The highest BCUT2D eigenvalue weighted by Crippen LogP contribution is 2.37. The van der Waals surface area contributed by atoms with Gasteiger partial charge in [0.25, 0.3) is 0 Å². The molecule has 0 unspecified atom stereocenters. The molecule has 180 valence electrons. The molecular weight excluding hydrogens is 452 g/mol. The van der Waals surface area contributed by atoms with E-state index in [0.29, 0.717) is 29.6 Å². The van der Waals surface area contributed by atoms with Crippen LogP contribution in [0.3, 0.4) is 0 Å². The Morgan fingerprint density at radius 2 is 1.31 bits per heavy atom. The van der Waals surface area contributed by atoms with E-state index in [0.717, 1.165) is 33.6 Å². The van der Waals surface area contributed by atoms with Crippen LogP contribution in [0.25, 0.3) is 10.9 Å². The Hall–Kier alpha value is -4.71. The summed E-state index contributed by atoms with van der Waals surface area (Å²) in [5.74, 6) is 3.48. The van der Waals surface area contributed by atoms with Gasteiger partial charge in [-0.25, -0.2) is 0 Å². The van der Waals surface area contributed by atoms with Gasteiger partial charge in [0.2, 0.25) is 0 Å². The van der Waals surface area contributed by atoms with Crippen molar-refractivity contribution in [2.75, 3.05) is 19.5 Å². The van der Waals surface area contributed by atoms with Crippen LogP contribution < -0.4 is 24.3 Å². The van der Waals surface area contributed by atoms with E-state index >= 15 is 0 Å². The molecule has 0 aliphatic rings. The zero-order valence-corrected chi connectivity index (χ0v) is 20.1. The molecule has 0 aliphatic carbocycles. The molecule has 6 nitrogen and oxygen atoms in total. The summed E-state index contributed by atoms with van der Waals surface area (Å²) in [6.07, 6.45) is 1.72. The Kier molecular flexibility index (Phi) is 6.85. The van der Waals surface area contributed by atoms with Crippen molar-refractivity contribution < 1.29 is 18.9 Å². The molecule has 0 radical (unpaired) electrons. The first-order valence-electron chi connectivity index (χ1n) is 11.5. The van der Waals surface area contributed by atoms with Crippen LogP contribution in [0, 0.1) is 0 Å². The Morgan fingerprint density at radius 3 is 1.97 bits per heavy atom. The summed E-state index contributed by atoms with van der Waals surface area (Å²) < 4.78 is 22.9. The molecule has 4 aromatic carbocycles. The van der Waals surface area contributed by atoms with Crippen LogP contribution in [-0.4, -0.2) is 19.2 Å². The lowest BCUT2D eigenvalue weighted by molar-refractivity contribution is 0.306. The zero-order valence-electron chi connectivity index (χ0n) is 20.1. The quantitative estimate of drug-likeness (QED) is 0.239. The standard InChI is InChI=1S/C30H26N2O4/c1-33-29-18-26-27(19-30(29)34-2)31-17-16-28(26)36-25-14-10-23(11-15-25)32-22-8-12-24(13-9-22)35-20-21-6-4-3-5-7-21/h3-19,32H,20H2,1-2H3. The number of nitrogens with zero attached hydrogens (tertiary/aromatic N) is 1. The largest absolute Gasteiger partial charge is 0.493 e. The van der Waals surface area contributed by atoms with Crippen LogP contribution in [0.4, 0.5) is 11.4 Å². The third kappa shape index (κ3) is 5.33. The topological polar surface area (TPSA) is 61.8 Å². The summed E-state index contributed by atoms with van der Waals surface area (Å²) in [6.45, 7) is 0.544. The highest BCUT2D eigenvalue weighted by molar-refractivity contribution is 5.88. The normalized spacial score (nSPS) is 10.6. The first-order chi connectivity index (χ1) is 17.7. The number of rotatable bonds is 9. The number of pyridine rings is 1. The molecule has 0 aliphatic heterocycles. The summed E-state index contributed by atoms with van der Waals surface area (Å²) in [5, 5.41) is 4.24. The number of ether oxygens (including phenoxy) is 4. The molecule has 0 atom stereocenters. The van der Waals surface area contributed by atoms with Crippen molar-refractivity contribution in [3.63, 3.8) is 0 Å². The minimum atomic E-state index is 0.544. The van der Waals surface area contributed by atoms with E-state index in [-0.39, 0.29) is 0 Å². The number of nitrogens with one attached hydrogen (secondary N) is 1. The van der Waals surface area contributed by atoms with Crippen molar-refractivity contribution in [3.8, 4) is 28.7 Å². The molecule has 0 bridgehead atoms. The number of aromatic nitrogens is 1. The van der Waals surface area contributed by atoms with Gasteiger partial charge in [0.1, 0.15) is 23.9 Å². The number of hydrogen-bond acceptors (Lipinski definition) is 6. The second-order valence-electron chi connectivity index (χ2n) is 8.08. The van der Waals surface area contributed by atoms with Gasteiger partial charge in [0, 0.05) is 29.0 Å². The Bertz CT molecular complexity index is 1440. The summed E-state index contributed by atoms with van der Waals surface area (Å²) in [4.78, 5) is 4.43. The molecule has 0 spiro atoms. The molecule has 5 rings (SSSR count). The van der Waals surface area contributed by atoms with Crippen molar-refractivity contribution in [2.24, 2.45) is 0 Å². The summed E-state index contributed by atoms with van der Waals surface area (Å²) in [6, 6.07) is 31.4. The van der Waals surface area contributed by atoms with Gasteiger partial charge in [0.05, 0.1) is 19.7 Å². The van der Waals surface area contributed by atoms with Crippen LogP contribution in [0.2, 0.25) is 0 Å². The number of hydrogen-bond donors (Lipinski definition) is 1. The molecule has 5 aromatic rings. The molecule has 0 saturated heterocycles. The summed E-state index contributed by atoms with van der Waals surface area (Å²) in [7, 11) is 3.21. The maximum atomic E-state index is 6.17. The van der Waals surface area contributed by atoms with Crippen molar-refractivity contribution in [1.29, 1.82) is 0 Å². The average molecular weight is 479 g/mol. The predicted molar refractivity (Wildman–Crippen MR) is 142 cm³/mol. The minimum absolute atomic E-state index is 0.544. The van der Waals surface area contributed by atoms with Crippen LogP contribution in [-0.2, 0) is 6.61 Å². The first-order valence-corrected chi connectivity index (χ1v) is 11.5. The van der Waals surface area contributed by atoms with Gasteiger partial charge >= 0.3 is 0 Å². The fourth-order valence-corrected chi connectivity index (χ4v) is 3.81. The Balaban J connectivity index is 1.24. The van der Waals surface area contributed by atoms with Gasteiger partial charge in [-0.1, -0.05) is 30.3 Å². The van der Waals surface area contributed by atoms with E-state index in [9.17, 15) is 0 Å². The lowest BCUT2D eigenvalue weighted by Gasteiger charge is -2.13.